The zero-order valence-electron chi connectivity index (χ0n) is 13.9. The highest BCUT2D eigenvalue weighted by Crippen LogP contribution is 2.29. The summed E-state index contributed by atoms with van der Waals surface area (Å²) in [4.78, 5) is 0. The van der Waals surface area contributed by atoms with Crippen LogP contribution < -0.4 is 5.32 Å². The highest BCUT2D eigenvalue weighted by atomic mass is 32.2. The fourth-order valence-electron chi connectivity index (χ4n) is 2.91. The van der Waals surface area contributed by atoms with Gasteiger partial charge < -0.3 is 5.32 Å². The Morgan fingerprint density at radius 2 is 1.77 bits per heavy atom. The van der Waals surface area contributed by atoms with E-state index in [1.165, 1.54) is 27.8 Å². The second-order valence-corrected chi connectivity index (χ2v) is 9.30. The minimum absolute atomic E-state index is 0.145. The van der Waals surface area contributed by atoms with Crippen LogP contribution in [0.1, 0.15) is 24.0 Å². The molecule has 9 heteroatoms. The van der Waals surface area contributed by atoms with E-state index in [9.17, 15) is 21.6 Å². The van der Waals surface area contributed by atoms with Crippen molar-refractivity contribution in [3.05, 3.63) is 52.9 Å². The number of alkyl halides is 3. The average molecular weight is 404 g/mol. The molecule has 0 atom stereocenters. The highest BCUT2D eigenvalue weighted by Gasteiger charge is 2.31. The van der Waals surface area contributed by atoms with Gasteiger partial charge in [0.05, 0.1) is 5.56 Å². The summed E-state index contributed by atoms with van der Waals surface area (Å²) in [7, 11) is -3.41. The molecule has 1 aromatic carbocycles. The summed E-state index contributed by atoms with van der Waals surface area (Å²) in [5.74, 6) is 0. The number of hydrogen-bond donors (Lipinski definition) is 1. The Morgan fingerprint density at radius 3 is 2.31 bits per heavy atom. The molecule has 0 aliphatic carbocycles. The molecule has 0 bridgehead atoms. The average Bonchev–Trinajstić information content (AvgIpc) is 3.15. The van der Waals surface area contributed by atoms with Gasteiger partial charge in [0.25, 0.3) is 10.0 Å². The van der Waals surface area contributed by atoms with Crippen LogP contribution >= 0.6 is 11.3 Å². The van der Waals surface area contributed by atoms with Crippen molar-refractivity contribution in [2.45, 2.75) is 35.8 Å². The number of rotatable bonds is 5. The molecule has 0 unspecified atom stereocenters. The van der Waals surface area contributed by atoms with Crippen LogP contribution in [0.3, 0.4) is 0 Å². The molecule has 1 saturated heterocycles. The van der Waals surface area contributed by atoms with Gasteiger partial charge in [0, 0.05) is 25.7 Å². The van der Waals surface area contributed by atoms with E-state index >= 15 is 0 Å². The standard InChI is InChI=1S/C17H19F3N2O2S2/c18-17(19,20)14-5-3-13(4-6-14)12-21-15-7-9-22(10-8-15)26(23,24)16-2-1-11-25-16/h1-6,11,15,21H,7-10,12H2. The van der Waals surface area contributed by atoms with Crippen LogP contribution in [0.5, 0.6) is 0 Å². The number of hydrogen-bond acceptors (Lipinski definition) is 4. The first-order valence-corrected chi connectivity index (χ1v) is 10.5. The summed E-state index contributed by atoms with van der Waals surface area (Å²) in [6.45, 7) is 1.33. The molecule has 142 valence electrons. The molecular formula is C17H19F3N2O2S2. The molecular weight excluding hydrogens is 385 g/mol. The van der Waals surface area contributed by atoms with E-state index in [4.69, 9.17) is 0 Å². The van der Waals surface area contributed by atoms with Gasteiger partial charge in [-0.25, -0.2) is 8.42 Å². The van der Waals surface area contributed by atoms with Gasteiger partial charge in [-0.15, -0.1) is 11.3 Å². The molecule has 1 aliphatic heterocycles. The van der Waals surface area contributed by atoms with Crippen LogP contribution in [0.15, 0.2) is 46.0 Å². The third-order valence-electron chi connectivity index (χ3n) is 4.42. The summed E-state index contributed by atoms with van der Waals surface area (Å²) in [5, 5.41) is 5.04. The molecule has 3 rings (SSSR count). The lowest BCUT2D eigenvalue weighted by molar-refractivity contribution is -0.137. The van der Waals surface area contributed by atoms with Crippen LogP contribution in [0.4, 0.5) is 13.2 Å². The molecule has 2 aromatic rings. The summed E-state index contributed by atoms with van der Waals surface area (Å²) < 4.78 is 64.5. The first-order chi connectivity index (χ1) is 12.3. The van der Waals surface area contributed by atoms with E-state index in [2.05, 4.69) is 5.32 Å². The molecule has 1 fully saturated rings. The van der Waals surface area contributed by atoms with Crippen LogP contribution in [0.25, 0.3) is 0 Å². The van der Waals surface area contributed by atoms with Crippen molar-refractivity contribution in [2.24, 2.45) is 0 Å². The van der Waals surface area contributed by atoms with Crippen molar-refractivity contribution in [1.29, 1.82) is 0 Å². The van der Waals surface area contributed by atoms with Crippen molar-refractivity contribution >= 4 is 21.4 Å². The first-order valence-electron chi connectivity index (χ1n) is 8.20. The predicted octanol–water partition coefficient (Wildman–Crippen LogP) is 3.71. The number of nitrogens with one attached hydrogen (secondary N) is 1. The van der Waals surface area contributed by atoms with E-state index in [1.54, 1.807) is 17.5 Å². The number of halogens is 3. The zero-order valence-corrected chi connectivity index (χ0v) is 15.5. The van der Waals surface area contributed by atoms with Crippen LogP contribution in [0, 0.1) is 0 Å². The number of nitrogens with zero attached hydrogens (tertiary/aromatic N) is 1. The summed E-state index contributed by atoms with van der Waals surface area (Å²) in [5.41, 5.74) is 0.111. The maximum Gasteiger partial charge on any atom is 0.416 e. The molecule has 0 amide bonds. The third kappa shape index (κ3) is 4.46. The summed E-state index contributed by atoms with van der Waals surface area (Å²) in [6, 6.07) is 8.55. The van der Waals surface area contributed by atoms with E-state index in [0.29, 0.717) is 36.7 Å². The maximum atomic E-state index is 12.6. The molecule has 0 radical (unpaired) electrons. The first kappa shape index (κ1) is 19.3. The molecule has 1 aliphatic rings. The molecule has 0 spiro atoms. The van der Waals surface area contributed by atoms with Crippen LogP contribution in [-0.4, -0.2) is 31.9 Å². The second-order valence-electron chi connectivity index (χ2n) is 6.19. The smallest absolute Gasteiger partial charge is 0.310 e. The van der Waals surface area contributed by atoms with E-state index in [0.717, 1.165) is 17.7 Å². The van der Waals surface area contributed by atoms with E-state index in [1.807, 2.05) is 0 Å². The van der Waals surface area contributed by atoms with Gasteiger partial charge in [0.2, 0.25) is 0 Å². The number of piperidine rings is 1. The van der Waals surface area contributed by atoms with Crippen LogP contribution in [-0.2, 0) is 22.7 Å². The largest absolute Gasteiger partial charge is 0.416 e. The van der Waals surface area contributed by atoms with Gasteiger partial charge in [0.15, 0.2) is 0 Å². The number of thiophene rings is 1. The summed E-state index contributed by atoms with van der Waals surface area (Å²) in [6.07, 6.45) is -2.98. The normalized spacial score (nSPS) is 17.5. The highest BCUT2D eigenvalue weighted by molar-refractivity contribution is 7.91. The number of sulfonamides is 1. The van der Waals surface area contributed by atoms with Crippen molar-refractivity contribution in [3.63, 3.8) is 0 Å². The van der Waals surface area contributed by atoms with Gasteiger partial charge in [-0.2, -0.15) is 17.5 Å². The lowest BCUT2D eigenvalue weighted by Gasteiger charge is -2.31. The lowest BCUT2D eigenvalue weighted by atomic mass is 10.1. The molecule has 26 heavy (non-hydrogen) atoms. The van der Waals surface area contributed by atoms with Gasteiger partial charge >= 0.3 is 6.18 Å². The van der Waals surface area contributed by atoms with Crippen LogP contribution in [0.2, 0.25) is 0 Å². The predicted molar refractivity (Wildman–Crippen MR) is 94.4 cm³/mol. The fraction of sp³-hybridized carbons (Fsp3) is 0.412. The van der Waals surface area contributed by atoms with E-state index < -0.39 is 21.8 Å². The Kier molecular flexibility index (Phi) is 5.71. The number of benzene rings is 1. The monoisotopic (exact) mass is 404 g/mol. The van der Waals surface area contributed by atoms with Crippen molar-refractivity contribution < 1.29 is 21.6 Å². The Hall–Kier alpha value is -1.42. The Bertz CT molecular complexity index is 811. The molecule has 1 aromatic heterocycles. The minimum Gasteiger partial charge on any atom is -0.310 e. The Balaban J connectivity index is 1.50. The Morgan fingerprint density at radius 1 is 1.12 bits per heavy atom. The molecule has 4 nitrogen and oxygen atoms in total. The SMILES string of the molecule is O=S(=O)(c1cccs1)N1CCC(NCc2ccc(C(F)(F)F)cc2)CC1. The van der Waals surface area contributed by atoms with Gasteiger partial charge in [-0.3, -0.25) is 0 Å². The topological polar surface area (TPSA) is 49.4 Å². The van der Waals surface area contributed by atoms with E-state index in [-0.39, 0.29) is 6.04 Å². The summed E-state index contributed by atoms with van der Waals surface area (Å²) >= 11 is 1.21. The second kappa shape index (κ2) is 7.67. The molecule has 2 heterocycles. The van der Waals surface area contributed by atoms with Crippen molar-refractivity contribution in [3.8, 4) is 0 Å². The maximum absolute atomic E-state index is 12.6. The third-order valence-corrected chi connectivity index (χ3v) is 7.69. The molecule has 0 saturated carbocycles. The molecule has 1 N–H and O–H groups in total. The quantitative estimate of drug-likeness (QED) is 0.827. The Labute approximate surface area is 154 Å². The van der Waals surface area contributed by atoms with Crippen molar-refractivity contribution in [2.75, 3.05) is 13.1 Å². The van der Waals surface area contributed by atoms with Gasteiger partial charge in [-0.05, 0) is 42.0 Å². The fourth-order valence-corrected chi connectivity index (χ4v) is 5.53. The zero-order chi connectivity index (χ0) is 18.8. The van der Waals surface area contributed by atoms with Crippen molar-refractivity contribution in [1.82, 2.24) is 9.62 Å². The van der Waals surface area contributed by atoms with Gasteiger partial charge in [-0.1, -0.05) is 18.2 Å². The lowest BCUT2D eigenvalue weighted by Crippen LogP contribution is -2.44. The minimum atomic E-state index is -4.33. The van der Waals surface area contributed by atoms with Gasteiger partial charge in [0.1, 0.15) is 4.21 Å².